The number of halogens is 1. The predicted octanol–water partition coefficient (Wildman–Crippen LogP) is 4.40. The molecule has 0 unspecified atom stereocenters. The Morgan fingerprint density at radius 3 is 2.60 bits per heavy atom. The summed E-state index contributed by atoms with van der Waals surface area (Å²) in [4.78, 5) is 39.6. The van der Waals surface area contributed by atoms with E-state index in [1.165, 1.54) is 17.7 Å². The molecule has 4 heterocycles. The van der Waals surface area contributed by atoms with Crippen molar-refractivity contribution in [3.8, 4) is 22.6 Å². The number of hydrogen-bond donors (Lipinski definition) is 3. The number of fused-ring (bicyclic) bond motifs is 2. The van der Waals surface area contributed by atoms with Gasteiger partial charge in [0.15, 0.2) is 5.82 Å². The van der Waals surface area contributed by atoms with Gasteiger partial charge in [-0.05, 0) is 78.6 Å². The van der Waals surface area contributed by atoms with Gasteiger partial charge in [-0.1, -0.05) is 24.1 Å². The Bertz CT molecular complexity index is 1880. The van der Waals surface area contributed by atoms with E-state index in [0.717, 1.165) is 46.0 Å². The molecule has 4 N–H and O–H groups in total. The second kappa shape index (κ2) is 12.0. The molecular formula is C33H31FN8O2S. The first-order valence-electron chi connectivity index (χ1n) is 14.7. The van der Waals surface area contributed by atoms with Crippen molar-refractivity contribution < 1.29 is 14.0 Å². The Morgan fingerprint density at radius 2 is 1.80 bits per heavy atom. The highest BCUT2D eigenvalue weighted by molar-refractivity contribution is 7.99. The zero-order valence-electron chi connectivity index (χ0n) is 24.4. The molecule has 5 aromatic rings. The summed E-state index contributed by atoms with van der Waals surface area (Å²) in [7, 11) is 0. The molecule has 1 saturated heterocycles. The van der Waals surface area contributed by atoms with Crippen LogP contribution in [0.2, 0.25) is 0 Å². The van der Waals surface area contributed by atoms with E-state index in [-0.39, 0.29) is 24.2 Å². The van der Waals surface area contributed by atoms with E-state index in [9.17, 15) is 14.0 Å². The molecule has 0 bridgehead atoms. The first-order chi connectivity index (χ1) is 21.9. The average Bonchev–Trinajstić information content (AvgIpc) is 3.70. The van der Waals surface area contributed by atoms with Crippen LogP contribution in [0, 0.1) is 5.82 Å². The van der Waals surface area contributed by atoms with Crippen LogP contribution < -0.4 is 10.5 Å². The first kappa shape index (κ1) is 29.1. The van der Waals surface area contributed by atoms with Crippen molar-refractivity contribution in [2.75, 3.05) is 31.5 Å². The molecule has 2 aliphatic heterocycles. The summed E-state index contributed by atoms with van der Waals surface area (Å²) in [6.45, 7) is 2.36. The average molecular weight is 623 g/mol. The summed E-state index contributed by atoms with van der Waals surface area (Å²) in [5.41, 5.74) is 6.14. The van der Waals surface area contributed by atoms with Crippen molar-refractivity contribution in [3.63, 3.8) is 0 Å². The van der Waals surface area contributed by atoms with Gasteiger partial charge in [0.1, 0.15) is 10.6 Å². The minimum Gasteiger partial charge on any atom is -0.337 e. The molecule has 0 aliphatic carbocycles. The number of benzene rings is 3. The minimum atomic E-state index is -0.893. The highest BCUT2D eigenvalue weighted by atomic mass is 32.2. The van der Waals surface area contributed by atoms with Crippen LogP contribution in [0.4, 0.5) is 10.1 Å². The Morgan fingerprint density at radius 1 is 1.00 bits per heavy atom. The number of nitrogens with two attached hydrogens (primary N) is 1. The smallest absolute Gasteiger partial charge is 0.243 e. The van der Waals surface area contributed by atoms with Crippen LogP contribution in [-0.2, 0) is 22.6 Å². The Balaban J connectivity index is 0.994. The zero-order valence-corrected chi connectivity index (χ0v) is 25.2. The van der Waals surface area contributed by atoms with Crippen molar-refractivity contribution in [3.05, 3.63) is 96.1 Å². The predicted molar refractivity (Wildman–Crippen MR) is 172 cm³/mol. The molecule has 12 heteroatoms. The number of hydrogen-bond acceptors (Lipinski definition) is 8. The van der Waals surface area contributed by atoms with Gasteiger partial charge in [0.25, 0.3) is 0 Å². The number of carbonyl (C=O) groups excluding carboxylic acids is 2. The van der Waals surface area contributed by atoms with E-state index in [1.807, 2.05) is 34.1 Å². The maximum absolute atomic E-state index is 13.6. The summed E-state index contributed by atoms with van der Waals surface area (Å²) in [5, 5.41) is 17.4. The number of carbonyl (C=O) groups is 2. The van der Waals surface area contributed by atoms with Crippen LogP contribution in [0.3, 0.4) is 0 Å². The molecule has 0 spiro atoms. The number of nitrogens with zero attached hydrogens (tertiary/aromatic N) is 5. The molecule has 0 saturated carbocycles. The molecule has 10 nitrogen and oxygen atoms in total. The fourth-order valence-corrected chi connectivity index (χ4v) is 6.76. The molecule has 2 aliphatic rings. The molecule has 228 valence electrons. The highest BCUT2D eigenvalue weighted by Crippen LogP contribution is 2.35. The molecule has 1 fully saturated rings. The maximum atomic E-state index is 13.6. The largest absolute Gasteiger partial charge is 0.337 e. The van der Waals surface area contributed by atoms with Crippen molar-refractivity contribution >= 4 is 40.4 Å². The highest BCUT2D eigenvalue weighted by Gasteiger charge is 2.45. The van der Waals surface area contributed by atoms with E-state index in [0.29, 0.717) is 49.8 Å². The van der Waals surface area contributed by atoms with Gasteiger partial charge in [-0.15, -0.1) is 0 Å². The number of H-pyrrole nitrogens is 1. The molecule has 7 rings (SSSR count). The van der Waals surface area contributed by atoms with Crippen molar-refractivity contribution in [1.29, 1.82) is 0 Å². The second-order valence-corrected chi connectivity index (χ2v) is 12.5. The number of aromatic amines is 1. The number of likely N-dealkylation sites (tertiary alicyclic amines) is 1. The fraction of sp³-hybridized carbons (Fsp3) is 0.242. The van der Waals surface area contributed by atoms with Crippen molar-refractivity contribution in [2.24, 2.45) is 5.14 Å². The third kappa shape index (κ3) is 5.79. The molecule has 0 radical (unpaired) electrons. The van der Waals surface area contributed by atoms with Gasteiger partial charge in [-0.2, -0.15) is 5.10 Å². The van der Waals surface area contributed by atoms with Crippen LogP contribution >= 0.6 is 11.9 Å². The Labute approximate surface area is 263 Å². The molecule has 1 atom stereocenters. The summed E-state index contributed by atoms with van der Waals surface area (Å²) >= 11 is 1.03. The lowest BCUT2D eigenvalue weighted by Gasteiger charge is -2.31. The third-order valence-electron chi connectivity index (χ3n) is 8.64. The van der Waals surface area contributed by atoms with Gasteiger partial charge in [0.2, 0.25) is 11.8 Å². The third-order valence-corrected chi connectivity index (χ3v) is 9.61. The van der Waals surface area contributed by atoms with Gasteiger partial charge in [-0.3, -0.25) is 24.7 Å². The van der Waals surface area contributed by atoms with Crippen LogP contribution in [0.5, 0.6) is 0 Å². The molecular weight excluding hydrogens is 591 g/mol. The number of rotatable bonds is 7. The number of nitrogens with one attached hydrogen (secondary N) is 2. The second-order valence-electron chi connectivity index (χ2n) is 11.5. The number of amides is 2. The fourth-order valence-electron chi connectivity index (χ4n) is 6.14. The summed E-state index contributed by atoms with van der Waals surface area (Å²) in [5.74, 6) is 0.197. The number of anilines is 1. The van der Waals surface area contributed by atoms with Crippen LogP contribution in [0.15, 0.2) is 79.1 Å². The van der Waals surface area contributed by atoms with E-state index >= 15 is 0 Å². The molecule has 2 aromatic heterocycles. The quantitative estimate of drug-likeness (QED) is 0.228. The lowest BCUT2D eigenvalue weighted by Crippen LogP contribution is -2.46. The topological polar surface area (TPSA) is 133 Å². The van der Waals surface area contributed by atoms with E-state index < -0.39 is 4.75 Å². The van der Waals surface area contributed by atoms with Gasteiger partial charge in [-0.25, -0.2) is 14.4 Å². The van der Waals surface area contributed by atoms with Gasteiger partial charge in [0.05, 0.1) is 17.8 Å². The van der Waals surface area contributed by atoms with Crippen LogP contribution in [0.1, 0.15) is 17.5 Å². The summed E-state index contributed by atoms with van der Waals surface area (Å²) in [6.07, 6.45) is 4.74. The molecule has 45 heavy (non-hydrogen) atoms. The summed E-state index contributed by atoms with van der Waals surface area (Å²) in [6, 6.07) is 19.6. The zero-order chi connectivity index (χ0) is 31.0. The van der Waals surface area contributed by atoms with Crippen LogP contribution in [0.25, 0.3) is 33.5 Å². The minimum absolute atomic E-state index is 0.0353. The van der Waals surface area contributed by atoms with E-state index in [4.69, 9.17) is 5.14 Å². The first-order valence-corrected chi connectivity index (χ1v) is 15.6. The van der Waals surface area contributed by atoms with Crippen molar-refractivity contribution in [2.45, 2.75) is 24.1 Å². The van der Waals surface area contributed by atoms with Crippen molar-refractivity contribution in [1.82, 2.24) is 30.0 Å². The van der Waals surface area contributed by atoms with E-state index in [2.05, 4.69) is 37.6 Å². The lowest BCUT2D eigenvalue weighted by atomic mass is 9.97. The Kier molecular flexibility index (Phi) is 7.78. The SMILES string of the molecule is NS[C@@]1(C(=O)Nc2ccc3[nH]nc(-c4ccc(F)cc4)c3c2)CCN(CC(=O)N2CCc3cc(-c4ncccn4)ccc3C2)C1. The molecule has 3 aromatic carbocycles. The summed E-state index contributed by atoms with van der Waals surface area (Å²) < 4.78 is 12.6. The lowest BCUT2D eigenvalue weighted by molar-refractivity contribution is -0.133. The van der Waals surface area contributed by atoms with Gasteiger partial charge >= 0.3 is 0 Å². The van der Waals surface area contributed by atoms with Gasteiger partial charge in [0, 0.05) is 60.8 Å². The Hall–Kier alpha value is -4.65. The number of aromatic nitrogens is 4. The molecule has 2 amide bonds. The normalized spacial score (nSPS) is 18.2. The van der Waals surface area contributed by atoms with Crippen LogP contribution in [-0.4, -0.2) is 72.7 Å². The van der Waals surface area contributed by atoms with E-state index in [1.54, 1.807) is 30.6 Å². The maximum Gasteiger partial charge on any atom is 0.243 e. The monoisotopic (exact) mass is 622 g/mol. The van der Waals surface area contributed by atoms with Gasteiger partial charge < -0.3 is 10.2 Å². The standard InChI is InChI=1S/C33H31FN8O2S/c34-25-6-4-21(5-7-25)30-27-17-26(8-9-28(27)39-40-30)38-32(44)33(45-35)11-15-41(20-33)19-29(43)42-14-10-22-16-23(2-3-24(22)18-42)31-36-12-1-13-37-31/h1-9,12-13,16-17H,10-11,14-15,18-20,35H2,(H,38,44)(H,39,40)/t33-/m0/s1.